The molecule has 3 saturated heterocycles. The standard InChI is InChI=1S/C16H29N3O2/c1-16(2,3)21-15(20)19-13-4-5-14(19)9-12(8-13)18-11-6-7-17-10-11/h11-14,17-18H,4-10H2,1-3H3. The Balaban J connectivity index is 1.57. The van der Waals surface area contributed by atoms with Crippen LogP contribution in [0.3, 0.4) is 0 Å². The molecule has 3 unspecified atom stereocenters. The summed E-state index contributed by atoms with van der Waals surface area (Å²) in [6.07, 6.45) is 5.52. The molecule has 0 spiro atoms. The Morgan fingerprint density at radius 3 is 2.33 bits per heavy atom. The van der Waals surface area contributed by atoms with Crippen LogP contribution in [0, 0.1) is 0 Å². The van der Waals surface area contributed by atoms with Crippen molar-refractivity contribution in [2.45, 2.75) is 82.6 Å². The van der Waals surface area contributed by atoms with Crippen LogP contribution >= 0.6 is 0 Å². The van der Waals surface area contributed by atoms with Gasteiger partial charge in [0.15, 0.2) is 0 Å². The molecule has 3 fully saturated rings. The normalized spacial score (nSPS) is 36.0. The van der Waals surface area contributed by atoms with Crippen LogP contribution in [0.25, 0.3) is 0 Å². The first-order chi connectivity index (χ1) is 9.92. The van der Waals surface area contributed by atoms with Crippen molar-refractivity contribution in [3.8, 4) is 0 Å². The van der Waals surface area contributed by atoms with Crippen molar-refractivity contribution in [2.24, 2.45) is 0 Å². The molecule has 120 valence electrons. The molecule has 0 saturated carbocycles. The summed E-state index contributed by atoms with van der Waals surface area (Å²) < 4.78 is 5.58. The molecule has 21 heavy (non-hydrogen) atoms. The van der Waals surface area contributed by atoms with Gasteiger partial charge < -0.3 is 20.3 Å². The van der Waals surface area contributed by atoms with E-state index in [0.29, 0.717) is 24.2 Å². The summed E-state index contributed by atoms with van der Waals surface area (Å²) in [4.78, 5) is 14.4. The molecule has 3 aliphatic heterocycles. The predicted octanol–water partition coefficient (Wildman–Crippen LogP) is 1.87. The van der Waals surface area contributed by atoms with Crippen LogP contribution in [0.2, 0.25) is 0 Å². The van der Waals surface area contributed by atoms with Crippen LogP contribution in [0.1, 0.15) is 52.9 Å². The number of carbonyl (C=O) groups excluding carboxylic acids is 1. The molecule has 1 amide bonds. The number of amides is 1. The Bertz CT molecular complexity index is 373. The largest absolute Gasteiger partial charge is 0.444 e. The van der Waals surface area contributed by atoms with E-state index in [1.54, 1.807) is 0 Å². The molecule has 0 aromatic rings. The Kier molecular flexibility index (Phi) is 4.14. The monoisotopic (exact) mass is 295 g/mol. The number of piperidine rings is 1. The molecular formula is C16H29N3O2. The highest BCUT2D eigenvalue weighted by molar-refractivity contribution is 5.69. The summed E-state index contributed by atoms with van der Waals surface area (Å²) in [6, 6.07) is 1.91. The van der Waals surface area contributed by atoms with Gasteiger partial charge in [0.05, 0.1) is 0 Å². The molecule has 3 heterocycles. The van der Waals surface area contributed by atoms with E-state index in [-0.39, 0.29) is 6.09 Å². The maximum atomic E-state index is 12.4. The van der Waals surface area contributed by atoms with Gasteiger partial charge in [-0.15, -0.1) is 0 Å². The maximum absolute atomic E-state index is 12.4. The smallest absolute Gasteiger partial charge is 0.410 e. The van der Waals surface area contributed by atoms with Crippen LogP contribution in [0.5, 0.6) is 0 Å². The molecule has 5 nitrogen and oxygen atoms in total. The van der Waals surface area contributed by atoms with Gasteiger partial charge in [-0.25, -0.2) is 4.79 Å². The summed E-state index contributed by atoms with van der Waals surface area (Å²) in [5, 5.41) is 7.19. The zero-order chi connectivity index (χ0) is 15.0. The Morgan fingerprint density at radius 1 is 1.14 bits per heavy atom. The molecule has 5 heteroatoms. The molecule has 0 aromatic carbocycles. The van der Waals surface area contributed by atoms with E-state index in [1.807, 2.05) is 25.7 Å². The third-order valence-electron chi connectivity index (χ3n) is 4.87. The first kappa shape index (κ1) is 15.1. The minimum Gasteiger partial charge on any atom is -0.444 e. The number of nitrogens with zero attached hydrogens (tertiary/aromatic N) is 1. The van der Waals surface area contributed by atoms with Gasteiger partial charge in [0, 0.05) is 30.7 Å². The molecule has 2 N–H and O–H groups in total. The third kappa shape index (κ3) is 3.51. The van der Waals surface area contributed by atoms with E-state index in [2.05, 4.69) is 10.6 Å². The fourth-order valence-corrected chi connectivity index (χ4v) is 4.06. The van der Waals surface area contributed by atoms with Gasteiger partial charge in [-0.3, -0.25) is 0 Å². The van der Waals surface area contributed by atoms with Crippen LogP contribution < -0.4 is 10.6 Å². The van der Waals surface area contributed by atoms with Crippen molar-refractivity contribution < 1.29 is 9.53 Å². The van der Waals surface area contributed by atoms with Crippen molar-refractivity contribution in [1.29, 1.82) is 0 Å². The van der Waals surface area contributed by atoms with Gasteiger partial charge >= 0.3 is 6.09 Å². The van der Waals surface area contributed by atoms with Crippen LogP contribution in [0.4, 0.5) is 4.79 Å². The maximum Gasteiger partial charge on any atom is 0.410 e. The molecule has 2 bridgehead atoms. The predicted molar refractivity (Wildman–Crippen MR) is 82.3 cm³/mol. The minimum absolute atomic E-state index is 0.115. The SMILES string of the molecule is CC(C)(C)OC(=O)N1C2CCC1CC(NC1CCNC1)C2. The fraction of sp³-hybridized carbons (Fsp3) is 0.938. The van der Waals surface area contributed by atoms with E-state index >= 15 is 0 Å². The van der Waals surface area contributed by atoms with E-state index in [4.69, 9.17) is 4.74 Å². The fourth-order valence-electron chi connectivity index (χ4n) is 4.06. The molecular weight excluding hydrogens is 266 g/mol. The van der Waals surface area contributed by atoms with E-state index in [0.717, 1.165) is 38.8 Å². The van der Waals surface area contributed by atoms with Crippen molar-refractivity contribution >= 4 is 6.09 Å². The molecule has 0 aromatic heterocycles. The summed E-state index contributed by atoms with van der Waals surface area (Å²) in [7, 11) is 0. The Hall–Kier alpha value is -0.810. The Morgan fingerprint density at radius 2 is 1.81 bits per heavy atom. The molecule has 0 aliphatic carbocycles. The number of ether oxygens (including phenoxy) is 1. The minimum atomic E-state index is -0.402. The number of rotatable bonds is 2. The quantitative estimate of drug-likeness (QED) is 0.816. The van der Waals surface area contributed by atoms with Crippen LogP contribution in [-0.4, -0.2) is 53.9 Å². The van der Waals surface area contributed by atoms with Gasteiger partial charge in [0.25, 0.3) is 0 Å². The molecule has 3 aliphatic rings. The van der Waals surface area contributed by atoms with E-state index < -0.39 is 5.60 Å². The van der Waals surface area contributed by atoms with Gasteiger partial charge in [-0.05, 0) is 59.4 Å². The highest BCUT2D eigenvalue weighted by Gasteiger charge is 2.45. The first-order valence-corrected chi connectivity index (χ1v) is 8.40. The third-order valence-corrected chi connectivity index (χ3v) is 4.87. The van der Waals surface area contributed by atoms with E-state index in [1.165, 1.54) is 6.42 Å². The van der Waals surface area contributed by atoms with Gasteiger partial charge in [-0.2, -0.15) is 0 Å². The lowest BCUT2D eigenvalue weighted by molar-refractivity contribution is 0.00437. The number of hydrogen-bond donors (Lipinski definition) is 2. The van der Waals surface area contributed by atoms with E-state index in [9.17, 15) is 4.79 Å². The number of nitrogens with one attached hydrogen (secondary N) is 2. The lowest BCUT2D eigenvalue weighted by Crippen LogP contribution is -2.54. The average molecular weight is 295 g/mol. The molecule has 0 radical (unpaired) electrons. The summed E-state index contributed by atoms with van der Waals surface area (Å²) in [6.45, 7) is 8.03. The van der Waals surface area contributed by atoms with Gasteiger partial charge in [0.2, 0.25) is 0 Å². The second-order valence-electron chi connectivity index (χ2n) is 7.80. The summed E-state index contributed by atoms with van der Waals surface area (Å²) in [5.41, 5.74) is -0.402. The number of fused-ring (bicyclic) bond motifs is 2. The van der Waals surface area contributed by atoms with Crippen molar-refractivity contribution in [2.75, 3.05) is 13.1 Å². The number of hydrogen-bond acceptors (Lipinski definition) is 4. The zero-order valence-corrected chi connectivity index (χ0v) is 13.5. The lowest BCUT2D eigenvalue weighted by Gasteiger charge is -2.40. The Labute approximate surface area is 127 Å². The van der Waals surface area contributed by atoms with Crippen molar-refractivity contribution in [1.82, 2.24) is 15.5 Å². The van der Waals surface area contributed by atoms with Crippen LogP contribution in [0.15, 0.2) is 0 Å². The highest BCUT2D eigenvalue weighted by atomic mass is 16.6. The zero-order valence-electron chi connectivity index (χ0n) is 13.5. The topological polar surface area (TPSA) is 53.6 Å². The van der Waals surface area contributed by atoms with Gasteiger partial charge in [-0.1, -0.05) is 0 Å². The first-order valence-electron chi connectivity index (χ1n) is 8.40. The summed E-state index contributed by atoms with van der Waals surface area (Å²) in [5.74, 6) is 0. The number of carbonyl (C=O) groups is 1. The van der Waals surface area contributed by atoms with Gasteiger partial charge in [0.1, 0.15) is 5.60 Å². The second kappa shape index (κ2) is 5.76. The second-order valence-corrected chi connectivity index (χ2v) is 7.80. The highest BCUT2D eigenvalue weighted by Crippen LogP contribution is 2.37. The van der Waals surface area contributed by atoms with Crippen molar-refractivity contribution in [3.05, 3.63) is 0 Å². The average Bonchev–Trinajstić information content (AvgIpc) is 2.94. The molecule has 3 atom stereocenters. The van der Waals surface area contributed by atoms with Crippen molar-refractivity contribution in [3.63, 3.8) is 0 Å². The summed E-state index contributed by atoms with van der Waals surface area (Å²) >= 11 is 0. The van der Waals surface area contributed by atoms with Crippen LogP contribution in [-0.2, 0) is 4.74 Å². The lowest BCUT2D eigenvalue weighted by atomic mass is 9.96. The molecule has 3 rings (SSSR count).